The van der Waals surface area contributed by atoms with Gasteiger partial charge in [0.05, 0.1) is 5.39 Å². The molecule has 2 aromatic rings. The minimum absolute atomic E-state index is 0.128. The highest BCUT2D eigenvalue weighted by atomic mass is 16.2. The lowest BCUT2D eigenvalue weighted by molar-refractivity contribution is 0.0933. The van der Waals surface area contributed by atoms with Crippen LogP contribution in [0.1, 0.15) is 42.2 Å². The Morgan fingerprint density at radius 1 is 1.36 bits per heavy atom. The number of aryl methyl sites for hydroxylation is 1. The number of amides is 1. The van der Waals surface area contributed by atoms with Gasteiger partial charge in [-0.2, -0.15) is 0 Å². The van der Waals surface area contributed by atoms with Gasteiger partial charge in [-0.05, 0) is 44.9 Å². The molecule has 2 aromatic heterocycles. The third-order valence-electron chi connectivity index (χ3n) is 4.76. The lowest BCUT2D eigenvalue weighted by Gasteiger charge is -2.33. The van der Waals surface area contributed by atoms with Crippen molar-refractivity contribution in [3.8, 4) is 0 Å². The molecule has 3 rings (SSSR count). The van der Waals surface area contributed by atoms with Crippen LogP contribution in [0.2, 0.25) is 0 Å². The van der Waals surface area contributed by atoms with E-state index in [2.05, 4.69) is 32.1 Å². The second kappa shape index (κ2) is 7.18. The first-order valence-corrected chi connectivity index (χ1v) is 8.62. The largest absolute Gasteiger partial charge is 0.349 e. The van der Waals surface area contributed by atoms with Crippen molar-refractivity contribution in [2.75, 3.05) is 19.6 Å². The highest BCUT2D eigenvalue weighted by Gasteiger charge is 2.18. The lowest BCUT2D eigenvalue weighted by atomic mass is 10.0. The number of likely N-dealkylation sites (tertiary alicyclic amines) is 1. The first-order chi connectivity index (χ1) is 12.0. The molecule has 0 radical (unpaired) electrons. The number of nitrogens with zero attached hydrogens (tertiary/aromatic N) is 2. The number of aromatic nitrogens is 3. The minimum atomic E-state index is -0.638. The summed E-state index contributed by atoms with van der Waals surface area (Å²) in [5.74, 6) is -0.309. The Morgan fingerprint density at radius 2 is 2.16 bits per heavy atom. The van der Waals surface area contributed by atoms with Gasteiger partial charge in [-0.25, -0.2) is 9.78 Å². The van der Waals surface area contributed by atoms with Crippen molar-refractivity contribution < 1.29 is 4.79 Å². The molecule has 1 saturated heterocycles. The number of aromatic amines is 2. The number of rotatable bonds is 4. The first-order valence-electron chi connectivity index (χ1n) is 8.62. The van der Waals surface area contributed by atoms with Gasteiger partial charge in [0.1, 0.15) is 11.3 Å². The van der Waals surface area contributed by atoms with Gasteiger partial charge in [0.25, 0.3) is 11.5 Å². The molecule has 0 saturated carbocycles. The molecule has 1 aliphatic rings. The average molecular weight is 345 g/mol. The van der Waals surface area contributed by atoms with E-state index in [1.807, 2.05) is 0 Å². The van der Waals surface area contributed by atoms with E-state index >= 15 is 0 Å². The molecule has 0 bridgehead atoms. The SMILES string of the molecule is Cc1cc(C(=O)NCCN2CCCCC2C)nc2[nH]c(=O)[nH]c(=O)c12. The average Bonchev–Trinajstić information content (AvgIpc) is 2.55. The Bertz CT molecular complexity index is 901. The topological polar surface area (TPSA) is 111 Å². The fourth-order valence-corrected chi connectivity index (χ4v) is 3.36. The van der Waals surface area contributed by atoms with Crippen molar-refractivity contribution in [1.82, 2.24) is 25.2 Å². The summed E-state index contributed by atoms with van der Waals surface area (Å²) in [6.07, 6.45) is 3.66. The van der Waals surface area contributed by atoms with Crippen LogP contribution in [0.4, 0.5) is 0 Å². The third-order valence-corrected chi connectivity index (χ3v) is 4.76. The summed E-state index contributed by atoms with van der Waals surface area (Å²) in [5.41, 5.74) is -0.227. The monoisotopic (exact) mass is 345 g/mol. The fraction of sp³-hybridized carbons (Fsp3) is 0.529. The van der Waals surface area contributed by atoms with E-state index < -0.39 is 11.2 Å². The molecule has 0 aromatic carbocycles. The second-order valence-corrected chi connectivity index (χ2v) is 6.59. The zero-order chi connectivity index (χ0) is 18.0. The fourth-order valence-electron chi connectivity index (χ4n) is 3.36. The summed E-state index contributed by atoms with van der Waals surface area (Å²) in [6, 6.07) is 2.11. The maximum Gasteiger partial charge on any atom is 0.327 e. The van der Waals surface area contributed by atoms with Gasteiger partial charge in [-0.1, -0.05) is 6.42 Å². The molecular formula is C17H23N5O3. The lowest BCUT2D eigenvalue weighted by Crippen LogP contribution is -2.42. The molecule has 1 atom stereocenters. The van der Waals surface area contributed by atoms with Gasteiger partial charge in [0, 0.05) is 19.1 Å². The van der Waals surface area contributed by atoms with Gasteiger partial charge in [-0.15, -0.1) is 0 Å². The Labute approximate surface area is 144 Å². The number of pyridine rings is 1. The van der Waals surface area contributed by atoms with E-state index in [1.165, 1.54) is 19.3 Å². The minimum Gasteiger partial charge on any atom is -0.349 e. The summed E-state index contributed by atoms with van der Waals surface area (Å²) in [6.45, 7) is 6.32. The Kier molecular flexibility index (Phi) is 4.98. The van der Waals surface area contributed by atoms with Crippen molar-refractivity contribution in [3.63, 3.8) is 0 Å². The predicted octanol–water partition coefficient (Wildman–Crippen LogP) is 0.524. The Hall–Kier alpha value is -2.48. The first kappa shape index (κ1) is 17.3. The summed E-state index contributed by atoms with van der Waals surface area (Å²) < 4.78 is 0. The molecule has 3 heterocycles. The molecule has 8 nitrogen and oxygen atoms in total. The standard InChI is InChI=1S/C17H23N5O3/c1-10-9-12(19-14-13(10)16(24)21-17(25)20-14)15(23)18-6-8-22-7-4-3-5-11(22)2/h9,11H,3-8H2,1-2H3,(H,18,23)(H2,19,20,21,24,25). The van der Waals surface area contributed by atoms with Crippen LogP contribution in [0, 0.1) is 6.92 Å². The molecule has 25 heavy (non-hydrogen) atoms. The molecule has 1 fully saturated rings. The van der Waals surface area contributed by atoms with Gasteiger partial charge >= 0.3 is 5.69 Å². The van der Waals surface area contributed by atoms with Crippen LogP contribution in [-0.4, -0.2) is 51.4 Å². The molecule has 1 aliphatic heterocycles. The second-order valence-electron chi connectivity index (χ2n) is 6.59. The van der Waals surface area contributed by atoms with Crippen LogP contribution < -0.4 is 16.6 Å². The Balaban J connectivity index is 1.72. The van der Waals surface area contributed by atoms with Crippen molar-refractivity contribution in [2.45, 2.75) is 39.2 Å². The third kappa shape index (κ3) is 3.79. The number of piperidine rings is 1. The summed E-state index contributed by atoms with van der Waals surface area (Å²) in [7, 11) is 0. The highest BCUT2D eigenvalue weighted by Crippen LogP contribution is 2.15. The van der Waals surface area contributed by atoms with Crippen LogP contribution in [0.5, 0.6) is 0 Å². The molecular weight excluding hydrogens is 322 g/mol. The van der Waals surface area contributed by atoms with Gasteiger partial charge < -0.3 is 5.32 Å². The molecule has 1 amide bonds. The van der Waals surface area contributed by atoms with Crippen LogP contribution >= 0.6 is 0 Å². The predicted molar refractivity (Wildman–Crippen MR) is 94.9 cm³/mol. The maximum absolute atomic E-state index is 12.4. The van der Waals surface area contributed by atoms with Gasteiger partial charge in [0.15, 0.2) is 0 Å². The van der Waals surface area contributed by atoms with E-state index in [9.17, 15) is 14.4 Å². The molecule has 3 N–H and O–H groups in total. The van der Waals surface area contributed by atoms with Gasteiger partial charge in [0.2, 0.25) is 0 Å². The molecule has 0 spiro atoms. The normalized spacial score (nSPS) is 18.4. The van der Waals surface area contributed by atoms with E-state index in [4.69, 9.17) is 0 Å². The van der Waals surface area contributed by atoms with Crippen LogP contribution in [0.15, 0.2) is 15.7 Å². The van der Waals surface area contributed by atoms with E-state index in [-0.39, 0.29) is 17.2 Å². The van der Waals surface area contributed by atoms with Crippen LogP contribution in [0.25, 0.3) is 11.0 Å². The van der Waals surface area contributed by atoms with E-state index in [1.54, 1.807) is 13.0 Å². The number of fused-ring (bicyclic) bond motifs is 1. The summed E-state index contributed by atoms with van der Waals surface area (Å²) >= 11 is 0. The number of nitrogens with one attached hydrogen (secondary N) is 3. The molecule has 0 aliphatic carbocycles. The van der Waals surface area contributed by atoms with Gasteiger partial charge in [-0.3, -0.25) is 24.5 Å². The zero-order valence-corrected chi connectivity index (χ0v) is 14.5. The summed E-state index contributed by atoms with van der Waals surface area (Å²) in [5, 5.41) is 3.16. The van der Waals surface area contributed by atoms with Crippen LogP contribution in [-0.2, 0) is 0 Å². The number of carbonyl (C=O) groups excluding carboxylic acids is 1. The van der Waals surface area contributed by atoms with Crippen LogP contribution in [0.3, 0.4) is 0 Å². The maximum atomic E-state index is 12.4. The highest BCUT2D eigenvalue weighted by molar-refractivity contribution is 5.95. The smallest absolute Gasteiger partial charge is 0.327 e. The van der Waals surface area contributed by atoms with E-state index in [0.717, 1.165) is 13.1 Å². The van der Waals surface area contributed by atoms with Crippen molar-refractivity contribution in [3.05, 3.63) is 38.2 Å². The number of H-pyrrole nitrogens is 2. The number of hydrogen-bond donors (Lipinski definition) is 3. The number of carbonyl (C=O) groups is 1. The number of hydrogen-bond acceptors (Lipinski definition) is 5. The van der Waals surface area contributed by atoms with Crippen molar-refractivity contribution in [2.24, 2.45) is 0 Å². The van der Waals surface area contributed by atoms with Crippen molar-refractivity contribution in [1.29, 1.82) is 0 Å². The Morgan fingerprint density at radius 3 is 2.92 bits per heavy atom. The van der Waals surface area contributed by atoms with Crippen molar-refractivity contribution >= 4 is 16.9 Å². The van der Waals surface area contributed by atoms with E-state index in [0.29, 0.717) is 23.5 Å². The molecule has 1 unspecified atom stereocenters. The summed E-state index contributed by atoms with van der Waals surface area (Å²) in [4.78, 5) is 46.8. The molecule has 134 valence electrons. The zero-order valence-electron chi connectivity index (χ0n) is 14.5. The quantitative estimate of drug-likeness (QED) is 0.748. The molecule has 8 heteroatoms.